The first-order chi connectivity index (χ1) is 13.4. The molecule has 1 heterocycles. The number of halogens is 1. The molecule has 0 aliphatic rings. The van der Waals surface area contributed by atoms with Gasteiger partial charge in [0.25, 0.3) is 5.91 Å². The maximum atomic E-state index is 12.6. The van der Waals surface area contributed by atoms with E-state index in [1.807, 2.05) is 12.1 Å². The molecule has 3 aromatic rings. The monoisotopic (exact) mass is 401 g/mol. The molecule has 28 heavy (non-hydrogen) atoms. The van der Waals surface area contributed by atoms with E-state index in [0.717, 1.165) is 10.9 Å². The van der Waals surface area contributed by atoms with Crippen LogP contribution < -0.4 is 5.32 Å². The molecule has 0 spiro atoms. The van der Waals surface area contributed by atoms with E-state index in [4.69, 9.17) is 25.5 Å². The molecule has 0 fully saturated rings. The molecule has 0 saturated carbocycles. The topological polar surface area (TPSA) is 77.8 Å². The first-order valence-corrected chi connectivity index (χ1v) is 9.06. The lowest BCUT2D eigenvalue weighted by molar-refractivity contribution is -0.123. The average molecular weight is 402 g/mol. The smallest absolute Gasteiger partial charge is 0.375 e. The van der Waals surface area contributed by atoms with Crippen LogP contribution in [0.3, 0.4) is 0 Å². The fourth-order valence-corrected chi connectivity index (χ4v) is 2.97. The second kappa shape index (κ2) is 8.46. The van der Waals surface area contributed by atoms with Crippen molar-refractivity contribution in [3.05, 3.63) is 64.4 Å². The van der Waals surface area contributed by atoms with Crippen LogP contribution in [0.25, 0.3) is 11.0 Å². The van der Waals surface area contributed by atoms with Crippen molar-refractivity contribution in [1.82, 2.24) is 0 Å². The third-order valence-corrected chi connectivity index (χ3v) is 4.76. The van der Waals surface area contributed by atoms with Crippen LogP contribution in [0.4, 0.5) is 5.69 Å². The Balaban J connectivity index is 1.77. The number of esters is 1. The van der Waals surface area contributed by atoms with Gasteiger partial charge in [-0.1, -0.05) is 35.9 Å². The molecule has 1 atom stereocenters. The molecule has 0 radical (unpaired) electrons. The first-order valence-electron chi connectivity index (χ1n) is 8.68. The Morgan fingerprint density at radius 2 is 1.93 bits per heavy atom. The van der Waals surface area contributed by atoms with Crippen LogP contribution in [0.2, 0.25) is 5.02 Å². The first kappa shape index (κ1) is 19.9. The molecule has 1 aromatic heterocycles. The summed E-state index contributed by atoms with van der Waals surface area (Å²) in [4.78, 5) is 25.1. The number of para-hydroxylation sites is 1. The SMILES string of the molecule is COCc1c(C(=O)O[C@@H](C)C(=O)Nc2cccc(Cl)c2C)oc2ccccc12. The molecule has 0 bridgehead atoms. The number of furan rings is 1. The van der Waals surface area contributed by atoms with E-state index in [0.29, 0.717) is 21.9 Å². The van der Waals surface area contributed by atoms with Crippen molar-refractivity contribution in [2.24, 2.45) is 0 Å². The van der Waals surface area contributed by atoms with Crippen molar-refractivity contribution in [2.75, 3.05) is 12.4 Å². The summed E-state index contributed by atoms with van der Waals surface area (Å²) in [6, 6.07) is 12.4. The molecule has 7 heteroatoms. The zero-order valence-electron chi connectivity index (χ0n) is 15.7. The summed E-state index contributed by atoms with van der Waals surface area (Å²) < 4.78 is 16.1. The van der Waals surface area contributed by atoms with Gasteiger partial charge in [-0.25, -0.2) is 4.79 Å². The highest BCUT2D eigenvalue weighted by Gasteiger charge is 2.26. The molecular formula is C21H20ClNO5. The van der Waals surface area contributed by atoms with Crippen LogP contribution in [-0.4, -0.2) is 25.1 Å². The minimum Gasteiger partial charge on any atom is -0.449 e. The van der Waals surface area contributed by atoms with Crippen molar-refractivity contribution in [3.63, 3.8) is 0 Å². The summed E-state index contributed by atoms with van der Waals surface area (Å²) in [6.45, 7) is 3.47. The quantitative estimate of drug-likeness (QED) is 0.604. The van der Waals surface area contributed by atoms with Gasteiger partial charge in [-0.2, -0.15) is 0 Å². The Labute approximate surface area is 167 Å². The molecular weight excluding hydrogens is 382 g/mol. The van der Waals surface area contributed by atoms with Gasteiger partial charge in [-0.3, -0.25) is 4.79 Å². The van der Waals surface area contributed by atoms with Crippen LogP contribution in [-0.2, 0) is 20.9 Å². The van der Waals surface area contributed by atoms with Crippen molar-refractivity contribution >= 4 is 40.1 Å². The fraction of sp³-hybridized carbons (Fsp3) is 0.238. The highest BCUT2D eigenvalue weighted by atomic mass is 35.5. The van der Waals surface area contributed by atoms with Crippen LogP contribution >= 0.6 is 11.6 Å². The molecule has 3 rings (SSSR count). The largest absolute Gasteiger partial charge is 0.449 e. The Morgan fingerprint density at radius 3 is 2.68 bits per heavy atom. The van der Waals surface area contributed by atoms with Gasteiger partial charge in [0.2, 0.25) is 5.76 Å². The molecule has 1 N–H and O–H groups in total. The summed E-state index contributed by atoms with van der Waals surface area (Å²) in [6.07, 6.45) is -1.03. The van der Waals surface area contributed by atoms with Gasteiger partial charge in [-0.15, -0.1) is 0 Å². The summed E-state index contributed by atoms with van der Waals surface area (Å²) in [5, 5.41) is 4.02. The average Bonchev–Trinajstić information content (AvgIpc) is 3.04. The summed E-state index contributed by atoms with van der Waals surface area (Å²) in [5.74, 6) is -1.17. The Morgan fingerprint density at radius 1 is 1.18 bits per heavy atom. The number of hydrogen-bond acceptors (Lipinski definition) is 5. The second-order valence-electron chi connectivity index (χ2n) is 6.29. The molecule has 6 nitrogen and oxygen atoms in total. The maximum Gasteiger partial charge on any atom is 0.375 e. The zero-order valence-corrected chi connectivity index (χ0v) is 16.5. The van der Waals surface area contributed by atoms with Crippen LogP contribution in [0.15, 0.2) is 46.9 Å². The van der Waals surface area contributed by atoms with Gasteiger partial charge in [0.05, 0.1) is 6.61 Å². The van der Waals surface area contributed by atoms with Crippen LogP contribution in [0.1, 0.15) is 28.6 Å². The van der Waals surface area contributed by atoms with Gasteiger partial charge in [0.1, 0.15) is 5.58 Å². The summed E-state index contributed by atoms with van der Waals surface area (Å²) in [7, 11) is 1.53. The fourth-order valence-electron chi connectivity index (χ4n) is 2.80. The van der Waals surface area contributed by atoms with E-state index >= 15 is 0 Å². The normalized spacial score (nSPS) is 12.0. The molecule has 1 amide bonds. The molecule has 0 unspecified atom stereocenters. The molecule has 146 valence electrons. The van der Waals surface area contributed by atoms with Gasteiger partial charge in [-0.05, 0) is 37.6 Å². The van der Waals surface area contributed by atoms with Gasteiger partial charge >= 0.3 is 5.97 Å². The highest BCUT2D eigenvalue weighted by molar-refractivity contribution is 6.31. The number of carbonyl (C=O) groups excluding carboxylic acids is 2. The number of anilines is 1. The number of fused-ring (bicyclic) bond motifs is 1. The molecule has 2 aromatic carbocycles. The van der Waals surface area contributed by atoms with E-state index in [-0.39, 0.29) is 12.4 Å². The van der Waals surface area contributed by atoms with Gasteiger partial charge in [0.15, 0.2) is 6.10 Å². The predicted molar refractivity (Wildman–Crippen MR) is 107 cm³/mol. The van der Waals surface area contributed by atoms with Crippen molar-refractivity contribution < 1.29 is 23.5 Å². The number of methoxy groups -OCH3 is 1. The van der Waals surface area contributed by atoms with E-state index < -0.39 is 18.0 Å². The lowest BCUT2D eigenvalue weighted by atomic mass is 10.1. The van der Waals surface area contributed by atoms with Gasteiger partial charge in [0, 0.05) is 28.8 Å². The number of hydrogen-bond donors (Lipinski definition) is 1. The molecule has 0 aliphatic heterocycles. The minimum atomic E-state index is -1.03. The highest BCUT2D eigenvalue weighted by Crippen LogP contribution is 2.28. The third-order valence-electron chi connectivity index (χ3n) is 4.35. The number of benzene rings is 2. The van der Waals surface area contributed by atoms with Crippen LogP contribution in [0, 0.1) is 6.92 Å². The second-order valence-corrected chi connectivity index (χ2v) is 6.70. The summed E-state index contributed by atoms with van der Waals surface area (Å²) in [5.41, 5.74) is 2.43. The number of ether oxygens (including phenoxy) is 2. The van der Waals surface area contributed by atoms with E-state index in [1.165, 1.54) is 14.0 Å². The van der Waals surface area contributed by atoms with Crippen LogP contribution in [0.5, 0.6) is 0 Å². The Kier molecular flexibility index (Phi) is 6.02. The van der Waals surface area contributed by atoms with E-state index in [1.54, 1.807) is 37.3 Å². The third kappa shape index (κ3) is 4.03. The minimum absolute atomic E-state index is 0.0293. The number of nitrogens with one attached hydrogen (secondary N) is 1. The lowest BCUT2D eigenvalue weighted by Crippen LogP contribution is -2.30. The molecule has 0 saturated heterocycles. The Hall–Kier alpha value is -2.83. The van der Waals surface area contributed by atoms with Crippen molar-refractivity contribution in [2.45, 2.75) is 26.6 Å². The predicted octanol–water partition coefficient (Wildman–Crippen LogP) is 4.73. The standard InChI is InChI=1S/C21H20ClNO5/c1-12-16(22)8-6-9-17(12)23-20(24)13(2)27-21(25)19-15(11-26-3)14-7-4-5-10-18(14)28-19/h4-10,13H,11H2,1-3H3,(H,23,24)/t13-/m0/s1. The molecule has 0 aliphatic carbocycles. The number of amides is 1. The van der Waals surface area contributed by atoms with Gasteiger partial charge < -0.3 is 19.2 Å². The van der Waals surface area contributed by atoms with E-state index in [9.17, 15) is 9.59 Å². The zero-order chi connectivity index (χ0) is 20.3. The maximum absolute atomic E-state index is 12.6. The lowest BCUT2D eigenvalue weighted by Gasteiger charge is -2.15. The Bertz CT molecular complexity index is 1030. The van der Waals surface area contributed by atoms with Crippen molar-refractivity contribution in [3.8, 4) is 0 Å². The number of carbonyl (C=O) groups is 2. The number of rotatable bonds is 6. The summed E-state index contributed by atoms with van der Waals surface area (Å²) >= 11 is 6.07. The van der Waals surface area contributed by atoms with E-state index in [2.05, 4.69) is 5.32 Å². The van der Waals surface area contributed by atoms with Crippen molar-refractivity contribution in [1.29, 1.82) is 0 Å².